The quantitative estimate of drug-likeness (QED) is 0.480. The van der Waals surface area contributed by atoms with Crippen molar-refractivity contribution in [3.63, 3.8) is 0 Å². The fourth-order valence-corrected chi connectivity index (χ4v) is 3.44. The summed E-state index contributed by atoms with van der Waals surface area (Å²) in [7, 11) is 0. The Kier molecular flexibility index (Phi) is 6.24. The van der Waals surface area contributed by atoms with E-state index in [1.807, 2.05) is 0 Å². The maximum atomic E-state index is 13.3. The molecule has 4 rings (SSSR count). The topological polar surface area (TPSA) is 88.4 Å². The minimum absolute atomic E-state index is 0.00446. The van der Waals surface area contributed by atoms with Gasteiger partial charge in [-0.1, -0.05) is 12.1 Å². The number of amides is 2. The summed E-state index contributed by atoms with van der Waals surface area (Å²) in [5.41, 5.74) is 2.14. The normalized spacial score (nSPS) is 16.9. The lowest BCUT2D eigenvalue weighted by molar-refractivity contribution is -0.144. The van der Waals surface area contributed by atoms with Crippen molar-refractivity contribution in [3.05, 3.63) is 65.1 Å². The number of hydrogen-bond donors (Lipinski definition) is 2. The molecule has 0 spiro atoms. The predicted molar refractivity (Wildman–Crippen MR) is 110 cm³/mol. The Balaban J connectivity index is 1.32. The number of nitrogens with one attached hydrogen (secondary N) is 2. The molecular weight excluding hydrogens is 461 g/mol. The zero-order valence-electron chi connectivity index (χ0n) is 17.7. The van der Waals surface area contributed by atoms with Crippen LogP contribution in [-0.2, 0) is 17.9 Å². The summed E-state index contributed by atoms with van der Waals surface area (Å²) in [5, 5.41) is 9.23. The molecule has 1 saturated carbocycles. The molecule has 1 atom stereocenters. The second kappa shape index (κ2) is 8.99. The van der Waals surface area contributed by atoms with Crippen LogP contribution in [0.4, 0.5) is 22.0 Å². The zero-order valence-corrected chi connectivity index (χ0v) is 17.7. The molecule has 3 aromatic rings. The number of fused-ring (bicyclic) bond motifs is 1. The van der Waals surface area contributed by atoms with E-state index in [2.05, 4.69) is 20.7 Å². The third-order valence-electron chi connectivity index (χ3n) is 5.36. The van der Waals surface area contributed by atoms with Gasteiger partial charge in [-0.05, 0) is 29.3 Å². The summed E-state index contributed by atoms with van der Waals surface area (Å²) >= 11 is 0. The van der Waals surface area contributed by atoms with Gasteiger partial charge in [-0.2, -0.15) is 18.3 Å². The van der Waals surface area contributed by atoms with Gasteiger partial charge in [0.2, 0.25) is 5.91 Å². The second-order valence-corrected chi connectivity index (χ2v) is 8.12. The molecular formula is C22H20F5N5O2. The predicted octanol–water partition coefficient (Wildman–Crippen LogP) is 3.74. The Morgan fingerprint density at radius 1 is 1.15 bits per heavy atom. The van der Waals surface area contributed by atoms with Crippen LogP contribution in [0.25, 0.3) is 5.65 Å². The molecule has 0 aliphatic heterocycles. The molecule has 2 aromatic heterocycles. The number of halogens is 5. The van der Waals surface area contributed by atoms with Gasteiger partial charge in [-0.25, -0.2) is 18.3 Å². The largest absolute Gasteiger partial charge is 0.389 e. The summed E-state index contributed by atoms with van der Waals surface area (Å²) < 4.78 is 64.6. The van der Waals surface area contributed by atoms with Gasteiger partial charge in [-0.3, -0.25) is 9.59 Å². The van der Waals surface area contributed by atoms with Crippen LogP contribution in [0.5, 0.6) is 0 Å². The highest BCUT2D eigenvalue weighted by Gasteiger charge is 2.57. The van der Waals surface area contributed by atoms with Crippen LogP contribution in [0.1, 0.15) is 52.4 Å². The molecule has 1 fully saturated rings. The van der Waals surface area contributed by atoms with Crippen LogP contribution in [0.15, 0.2) is 42.7 Å². The SMILES string of the molecule is O=C(CCC(F)(F)F)NCc1cnn2cc(CNC(=O)c3cccc(C4CC4(F)F)c3)nc2c1. The van der Waals surface area contributed by atoms with Crippen molar-refractivity contribution in [2.75, 3.05) is 0 Å². The van der Waals surface area contributed by atoms with Gasteiger partial charge in [-0.15, -0.1) is 0 Å². The van der Waals surface area contributed by atoms with Crippen molar-refractivity contribution in [3.8, 4) is 0 Å². The lowest BCUT2D eigenvalue weighted by Crippen LogP contribution is -2.24. The number of carbonyl (C=O) groups is 2. The summed E-state index contributed by atoms with van der Waals surface area (Å²) in [6, 6.07) is 7.76. The molecule has 7 nitrogen and oxygen atoms in total. The smallest absolute Gasteiger partial charge is 0.352 e. The van der Waals surface area contributed by atoms with Crippen molar-refractivity contribution in [1.82, 2.24) is 25.2 Å². The molecule has 0 radical (unpaired) electrons. The number of alkyl halides is 5. The van der Waals surface area contributed by atoms with E-state index < -0.39 is 42.7 Å². The van der Waals surface area contributed by atoms with Crippen molar-refractivity contribution >= 4 is 17.5 Å². The maximum Gasteiger partial charge on any atom is 0.389 e. The fourth-order valence-electron chi connectivity index (χ4n) is 3.44. The number of carbonyl (C=O) groups excluding carboxylic acids is 2. The Morgan fingerprint density at radius 3 is 2.62 bits per heavy atom. The Hall–Kier alpha value is -3.57. The fraction of sp³-hybridized carbons (Fsp3) is 0.364. The van der Waals surface area contributed by atoms with E-state index in [0.29, 0.717) is 22.5 Å². The Labute approximate surface area is 190 Å². The lowest BCUT2D eigenvalue weighted by atomic mass is 10.1. The van der Waals surface area contributed by atoms with E-state index >= 15 is 0 Å². The van der Waals surface area contributed by atoms with Crippen LogP contribution < -0.4 is 10.6 Å². The van der Waals surface area contributed by atoms with Gasteiger partial charge in [0.15, 0.2) is 5.65 Å². The molecule has 0 saturated heterocycles. The van der Waals surface area contributed by atoms with Crippen LogP contribution in [-0.4, -0.2) is 38.5 Å². The minimum Gasteiger partial charge on any atom is -0.352 e. The average Bonchev–Trinajstić information content (AvgIpc) is 3.24. The third-order valence-corrected chi connectivity index (χ3v) is 5.36. The molecule has 1 aromatic carbocycles. The third kappa shape index (κ3) is 5.86. The molecule has 1 aliphatic rings. The van der Waals surface area contributed by atoms with Gasteiger partial charge >= 0.3 is 6.18 Å². The van der Waals surface area contributed by atoms with E-state index in [1.54, 1.807) is 30.5 Å². The van der Waals surface area contributed by atoms with Crippen LogP contribution in [0, 0.1) is 0 Å². The molecule has 34 heavy (non-hydrogen) atoms. The van der Waals surface area contributed by atoms with Crippen LogP contribution in [0.2, 0.25) is 0 Å². The van der Waals surface area contributed by atoms with Gasteiger partial charge in [0.1, 0.15) is 0 Å². The molecule has 1 aliphatic carbocycles. The van der Waals surface area contributed by atoms with Crippen molar-refractivity contribution < 1.29 is 31.5 Å². The molecule has 0 bridgehead atoms. The standard InChI is InChI=1S/C22H20F5N5O2/c23-21(24)8-17(21)14-2-1-3-15(7-14)20(34)29-11-16-12-32-18(31-16)6-13(10-30-32)9-28-19(33)4-5-22(25,26)27/h1-3,6-7,10,12,17H,4-5,8-9,11H2,(H,28,33)(H,29,34). The summed E-state index contributed by atoms with van der Waals surface area (Å²) in [5.74, 6) is -4.73. The van der Waals surface area contributed by atoms with Crippen LogP contribution >= 0.6 is 0 Å². The Morgan fingerprint density at radius 2 is 1.91 bits per heavy atom. The number of imidazole rings is 1. The van der Waals surface area contributed by atoms with E-state index in [4.69, 9.17) is 0 Å². The highest BCUT2D eigenvalue weighted by molar-refractivity contribution is 5.94. The number of hydrogen-bond acceptors (Lipinski definition) is 4. The average molecular weight is 481 g/mol. The molecule has 12 heteroatoms. The monoisotopic (exact) mass is 481 g/mol. The van der Waals surface area contributed by atoms with Crippen LogP contribution in [0.3, 0.4) is 0 Å². The maximum absolute atomic E-state index is 13.3. The van der Waals surface area contributed by atoms with Crippen molar-refractivity contribution in [2.24, 2.45) is 0 Å². The number of rotatable bonds is 8. The summed E-state index contributed by atoms with van der Waals surface area (Å²) in [6.07, 6.45) is -3.43. The van der Waals surface area contributed by atoms with Gasteiger partial charge < -0.3 is 10.6 Å². The number of aromatic nitrogens is 3. The highest BCUT2D eigenvalue weighted by atomic mass is 19.4. The lowest BCUT2D eigenvalue weighted by Gasteiger charge is -2.07. The second-order valence-electron chi connectivity index (χ2n) is 8.12. The molecule has 180 valence electrons. The first-order chi connectivity index (χ1) is 16.0. The first-order valence-electron chi connectivity index (χ1n) is 10.4. The van der Waals surface area contributed by atoms with E-state index in [-0.39, 0.29) is 25.1 Å². The molecule has 2 N–H and O–H groups in total. The van der Waals surface area contributed by atoms with Gasteiger partial charge in [0, 0.05) is 24.9 Å². The van der Waals surface area contributed by atoms with Crippen molar-refractivity contribution in [2.45, 2.75) is 50.4 Å². The highest BCUT2D eigenvalue weighted by Crippen LogP contribution is 2.55. The van der Waals surface area contributed by atoms with E-state index in [1.165, 1.54) is 16.8 Å². The first kappa shape index (κ1) is 23.6. The molecule has 2 amide bonds. The van der Waals surface area contributed by atoms with Gasteiger partial charge in [0.05, 0.1) is 37.0 Å². The summed E-state index contributed by atoms with van der Waals surface area (Å²) in [4.78, 5) is 28.3. The van der Waals surface area contributed by atoms with Gasteiger partial charge in [0.25, 0.3) is 11.8 Å². The summed E-state index contributed by atoms with van der Waals surface area (Å²) in [6.45, 7) is 0.0605. The molecule has 2 heterocycles. The number of nitrogens with zero attached hydrogens (tertiary/aromatic N) is 3. The van der Waals surface area contributed by atoms with E-state index in [9.17, 15) is 31.5 Å². The van der Waals surface area contributed by atoms with Crippen molar-refractivity contribution in [1.29, 1.82) is 0 Å². The zero-order chi connectivity index (χ0) is 24.5. The van der Waals surface area contributed by atoms with E-state index in [0.717, 1.165) is 0 Å². The first-order valence-corrected chi connectivity index (χ1v) is 10.4. The number of benzene rings is 1. The molecule has 1 unspecified atom stereocenters. The Bertz CT molecular complexity index is 1220. The minimum atomic E-state index is -4.39.